The molecule has 112 valence electrons. The van der Waals surface area contributed by atoms with Crippen LogP contribution >= 0.6 is 0 Å². The van der Waals surface area contributed by atoms with Crippen molar-refractivity contribution in [3.63, 3.8) is 0 Å². The van der Waals surface area contributed by atoms with Gasteiger partial charge in [-0.1, -0.05) is 13.3 Å². The second kappa shape index (κ2) is 8.47. The van der Waals surface area contributed by atoms with E-state index in [2.05, 4.69) is 5.32 Å². The smallest absolute Gasteiger partial charge is 0.321 e. The number of nitrogens with zero attached hydrogens (tertiary/aromatic N) is 1. The molecule has 1 rings (SSSR count). The summed E-state index contributed by atoms with van der Waals surface area (Å²) in [4.78, 5) is 13.6. The fourth-order valence-corrected chi connectivity index (χ4v) is 1.75. The van der Waals surface area contributed by atoms with E-state index in [9.17, 15) is 13.6 Å². The number of hydrogen-bond donors (Lipinski definition) is 2. The maximum Gasteiger partial charge on any atom is 0.321 e. The van der Waals surface area contributed by atoms with Crippen molar-refractivity contribution in [1.82, 2.24) is 4.90 Å². The summed E-state index contributed by atoms with van der Waals surface area (Å²) < 4.78 is 26.1. The number of nitrogens with one attached hydrogen (secondary N) is 1. The Balaban J connectivity index is 2.68. The van der Waals surface area contributed by atoms with Gasteiger partial charge >= 0.3 is 6.03 Å². The molecule has 20 heavy (non-hydrogen) atoms. The number of benzene rings is 1. The lowest BCUT2D eigenvalue weighted by Gasteiger charge is -2.22. The molecule has 0 heterocycles. The third kappa shape index (κ3) is 5.52. The predicted molar refractivity (Wildman–Crippen MR) is 73.6 cm³/mol. The van der Waals surface area contributed by atoms with Crippen LogP contribution in [0.15, 0.2) is 18.2 Å². The molecule has 0 spiro atoms. The highest BCUT2D eigenvalue weighted by Gasteiger charge is 2.13. The van der Waals surface area contributed by atoms with Gasteiger partial charge in [0.1, 0.15) is 11.6 Å². The molecule has 0 atom stereocenters. The van der Waals surface area contributed by atoms with Gasteiger partial charge in [0.2, 0.25) is 0 Å². The van der Waals surface area contributed by atoms with E-state index in [1.165, 1.54) is 4.90 Å². The topological polar surface area (TPSA) is 52.6 Å². The standard InChI is InChI=1S/C14H20F2N2O2/c1-2-3-5-18(6-4-7-19)14(20)17-13-9-11(15)8-12(16)10-13/h8-10,19H,2-7H2,1H3,(H,17,20). The molecule has 0 unspecified atom stereocenters. The molecule has 1 aromatic rings. The number of aliphatic hydroxyl groups is 1. The summed E-state index contributed by atoms with van der Waals surface area (Å²) in [5, 5.41) is 11.3. The van der Waals surface area contributed by atoms with Crippen molar-refractivity contribution in [2.45, 2.75) is 26.2 Å². The van der Waals surface area contributed by atoms with Crippen molar-refractivity contribution in [1.29, 1.82) is 0 Å². The summed E-state index contributed by atoms with van der Waals surface area (Å²) in [6.07, 6.45) is 2.22. The zero-order valence-corrected chi connectivity index (χ0v) is 11.5. The van der Waals surface area contributed by atoms with Crippen molar-refractivity contribution in [3.05, 3.63) is 29.8 Å². The monoisotopic (exact) mass is 286 g/mol. The predicted octanol–water partition coefficient (Wildman–Crippen LogP) is 2.98. The Morgan fingerprint density at radius 2 is 1.80 bits per heavy atom. The summed E-state index contributed by atoms with van der Waals surface area (Å²) in [5.74, 6) is -1.48. The maximum absolute atomic E-state index is 13.0. The summed E-state index contributed by atoms with van der Waals surface area (Å²) in [6, 6.07) is 2.45. The Kier molecular flexibility index (Phi) is 6.93. The Bertz CT molecular complexity index is 413. The first-order valence-electron chi connectivity index (χ1n) is 6.69. The number of rotatable bonds is 7. The van der Waals surface area contributed by atoms with Gasteiger partial charge in [-0.25, -0.2) is 13.6 Å². The van der Waals surface area contributed by atoms with E-state index in [4.69, 9.17) is 5.11 Å². The van der Waals surface area contributed by atoms with Gasteiger partial charge in [-0.2, -0.15) is 0 Å². The van der Waals surface area contributed by atoms with Crippen LogP contribution in [-0.4, -0.2) is 35.7 Å². The van der Waals surface area contributed by atoms with Crippen LogP contribution in [0.5, 0.6) is 0 Å². The summed E-state index contributed by atoms with van der Waals surface area (Å²) in [5.41, 5.74) is 0.0815. The number of unbranched alkanes of at least 4 members (excludes halogenated alkanes) is 1. The Morgan fingerprint density at radius 3 is 2.35 bits per heavy atom. The molecule has 0 saturated carbocycles. The fraction of sp³-hybridized carbons (Fsp3) is 0.500. The van der Waals surface area contributed by atoms with Crippen LogP contribution in [0.2, 0.25) is 0 Å². The van der Waals surface area contributed by atoms with Crippen molar-refractivity contribution < 1.29 is 18.7 Å². The molecule has 4 nitrogen and oxygen atoms in total. The first-order valence-corrected chi connectivity index (χ1v) is 6.69. The second-order valence-electron chi connectivity index (χ2n) is 4.51. The molecular weight excluding hydrogens is 266 g/mol. The van der Waals surface area contributed by atoms with Gasteiger partial charge in [-0.15, -0.1) is 0 Å². The molecular formula is C14H20F2N2O2. The zero-order chi connectivity index (χ0) is 15.0. The molecule has 0 radical (unpaired) electrons. The first-order chi connectivity index (χ1) is 9.56. The van der Waals surface area contributed by atoms with Crippen LogP contribution in [0.4, 0.5) is 19.3 Å². The Hall–Kier alpha value is -1.69. The van der Waals surface area contributed by atoms with Gasteiger partial charge < -0.3 is 15.3 Å². The van der Waals surface area contributed by atoms with Gasteiger partial charge in [0, 0.05) is 31.5 Å². The number of halogens is 2. The van der Waals surface area contributed by atoms with Crippen molar-refractivity contribution in [2.75, 3.05) is 25.0 Å². The maximum atomic E-state index is 13.0. The van der Waals surface area contributed by atoms with Crippen molar-refractivity contribution >= 4 is 11.7 Å². The van der Waals surface area contributed by atoms with Crippen LogP contribution < -0.4 is 5.32 Å². The molecule has 1 aromatic carbocycles. The molecule has 0 bridgehead atoms. The molecule has 0 saturated heterocycles. The molecule has 2 N–H and O–H groups in total. The first kappa shape index (κ1) is 16.4. The van der Waals surface area contributed by atoms with Crippen LogP contribution in [-0.2, 0) is 0 Å². The van der Waals surface area contributed by atoms with Gasteiger partial charge in [-0.3, -0.25) is 0 Å². The summed E-state index contributed by atoms with van der Waals surface area (Å²) >= 11 is 0. The highest BCUT2D eigenvalue weighted by Crippen LogP contribution is 2.13. The largest absolute Gasteiger partial charge is 0.396 e. The van der Waals surface area contributed by atoms with Gasteiger partial charge in [0.25, 0.3) is 0 Å². The minimum Gasteiger partial charge on any atom is -0.396 e. The van der Waals surface area contributed by atoms with E-state index in [1.54, 1.807) is 0 Å². The second-order valence-corrected chi connectivity index (χ2v) is 4.51. The van der Waals surface area contributed by atoms with E-state index in [-0.39, 0.29) is 12.3 Å². The Morgan fingerprint density at radius 1 is 1.20 bits per heavy atom. The highest BCUT2D eigenvalue weighted by molar-refractivity contribution is 5.89. The summed E-state index contributed by atoms with van der Waals surface area (Å²) in [7, 11) is 0. The van der Waals surface area contributed by atoms with Crippen molar-refractivity contribution in [3.8, 4) is 0 Å². The number of hydrogen-bond acceptors (Lipinski definition) is 2. The minimum atomic E-state index is -0.740. The summed E-state index contributed by atoms with van der Waals surface area (Å²) in [6.45, 7) is 2.94. The number of urea groups is 1. The average Bonchev–Trinajstić information content (AvgIpc) is 2.37. The number of carbonyl (C=O) groups is 1. The number of carbonyl (C=O) groups excluding carboxylic acids is 1. The number of aliphatic hydroxyl groups excluding tert-OH is 1. The lowest BCUT2D eigenvalue weighted by atomic mass is 10.3. The molecule has 6 heteroatoms. The van der Waals surface area contributed by atoms with Gasteiger partial charge in [0.05, 0.1) is 0 Å². The third-order valence-corrected chi connectivity index (χ3v) is 2.77. The highest BCUT2D eigenvalue weighted by atomic mass is 19.1. The molecule has 0 aliphatic rings. The molecule has 0 aliphatic heterocycles. The lowest BCUT2D eigenvalue weighted by molar-refractivity contribution is 0.201. The molecule has 2 amide bonds. The van der Waals surface area contributed by atoms with Crippen LogP contribution in [0.1, 0.15) is 26.2 Å². The van der Waals surface area contributed by atoms with E-state index >= 15 is 0 Å². The van der Waals surface area contributed by atoms with E-state index in [1.807, 2.05) is 6.92 Å². The number of amides is 2. The van der Waals surface area contributed by atoms with Gasteiger partial charge in [0.15, 0.2) is 0 Å². The van der Waals surface area contributed by atoms with Crippen LogP contribution in [0.3, 0.4) is 0 Å². The average molecular weight is 286 g/mol. The molecule has 0 fully saturated rings. The lowest BCUT2D eigenvalue weighted by Crippen LogP contribution is -2.36. The quantitative estimate of drug-likeness (QED) is 0.809. The van der Waals surface area contributed by atoms with Crippen LogP contribution in [0, 0.1) is 11.6 Å². The molecule has 0 aromatic heterocycles. The third-order valence-electron chi connectivity index (χ3n) is 2.77. The fourth-order valence-electron chi connectivity index (χ4n) is 1.75. The number of anilines is 1. The molecule has 0 aliphatic carbocycles. The SMILES string of the molecule is CCCCN(CCCO)C(=O)Nc1cc(F)cc(F)c1. The van der Waals surface area contributed by atoms with Crippen molar-refractivity contribution in [2.24, 2.45) is 0 Å². The zero-order valence-electron chi connectivity index (χ0n) is 11.5. The Labute approximate surface area is 117 Å². The van der Waals surface area contributed by atoms with Gasteiger partial charge in [-0.05, 0) is 25.0 Å². The van der Waals surface area contributed by atoms with E-state index in [0.29, 0.717) is 19.5 Å². The van der Waals surface area contributed by atoms with E-state index < -0.39 is 17.7 Å². The van der Waals surface area contributed by atoms with E-state index in [0.717, 1.165) is 31.0 Å². The van der Waals surface area contributed by atoms with Crippen LogP contribution in [0.25, 0.3) is 0 Å². The minimum absolute atomic E-state index is 0.00943. The normalized spacial score (nSPS) is 10.4.